The van der Waals surface area contributed by atoms with E-state index in [1.807, 2.05) is 18.2 Å². The molecule has 140 valence electrons. The van der Waals surface area contributed by atoms with Gasteiger partial charge in [0.1, 0.15) is 5.57 Å². The smallest absolute Gasteiger partial charge is 0.335 e. The summed E-state index contributed by atoms with van der Waals surface area (Å²) in [5.74, 6) is -1.58. The molecule has 8 heteroatoms. The lowest BCUT2D eigenvalue weighted by Crippen LogP contribution is -2.55. The first kappa shape index (κ1) is 18.6. The van der Waals surface area contributed by atoms with Gasteiger partial charge in [0.15, 0.2) is 0 Å². The molecule has 1 saturated heterocycles. The van der Waals surface area contributed by atoms with Gasteiger partial charge in [-0.25, -0.2) is 9.69 Å². The summed E-state index contributed by atoms with van der Waals surface area (Å²) in [6.07, 6.45) is 1.26. The van der Waals surface area contributed by atoms with E-state index in [9.17, 15) is 14.4 Å². The van der Waals surface area contributed by atoms with Gasteiger partial charge in [0, 0.05) is 24.7 Å². The van der Waals surface area contributed by atoms with E-state index >= 15 is 0 Å². The second-order valence-electron chi connectivity index (χ2n) is 5.92. The number of amides is 4. The maximum Gasteiger partial charge on any atom is 0.335 e. The van der Waals surface area contributed by atoms with E-state index in [0.29, 0.717) is 11.1 Å². The number of hydrogen-bond acceptors (Lipinski definition) is 6. The predicted molar refractivity (Wildman–Crippen MR) is 98.8 cm³/mol. The molecule has 0 bridgehead atoms. The Balaban J connectivity index is 2.04. The highest BCUT2D eigenvalue weighted by molar-refractivity contribution is 6.38. The fraction of sp³-hybridized carbons (Fsp3) is 0.211. The molecule has 0 radical (unpaired) electrons. The lowest BCUT2D eigenvalue weighted by atomic mass is 10.1. The van der Waals surface area contributed by atoms with Gasteiger partial charge < -0.3 is 15.1 Å². The number of carbonyl (C=O) groups excluding carboxylic acids is 3. The minimum atomic E-state index is -0.825. The fourth-order valence-corrected chi connectivity index (χ4v) is 2.95. The fourth-order valence-electron chi connectivity index (χ4n) is 2.95. The Morgan fingerprint density at radius 2 is 1.63 bits per heavy atom. The third kappa shape index (κ3) is 3.67. The number of aliphatic hydroxyl groups is 2. The van der Waals surface area contributed by atoms with E-state index in [-0.39, 0.29) is 31.9 Å². The Kier molecular flexibility index (Phi) is 5.49. The predicted octanol–water partition coefficient (Wildman–Crippen LogP) is 0.593. The standard InChI is InChI=1S/C19H19N3O5/c23-10-8-21(9-11-24)12-15-17(25)20-19(27)22(18(15)26)16-7-3-5-13-4-1-2-6-14(13)16/h1-7,12,23-24H,8-11H2,(H,20,25,27)/b15-12+. The largest absolute Gasteiger partial charge is 0.395 e. The van der Waals surface area contributed by atoms with Crippen molar-refractivity contribution in [2.75, 3.05) is 31.2 Å². The third-order valence-corrected chi connectivity index (χ3v) is 4.20. The number of rotatable bonds is 6. The highest BCUT2D eigenvalue weighted by Gasteiger charge is 2.37. The molecule has 4 amide bonds. The molecular weight excluding hydrogens is 350 g/mol. The second kappa shape index (κ2) is 7.98. The number of carbonyl (C=O) groups is 3. The average Bonchev–Trinajstić information content (AvgIpc) is 2.65. The summed E-state index contributed by atoms with van der Waals surface area (Å²) in [5, 5.41) is 21.9. The monoisotopic (exact) mass is 369 g/mol. The van der Waals surface area contributed by atoms with Crippen LogP contribution in [0.15, 0.2) is 54.2 Å². The quantitative estimate of drug-likeness (QED) is 0.508. The lowest BCUT2D eigenvalue weighted by molar-refractivity contribution is -0.122. The highest BCUT2D eigenvalue weighted by Crippen LogP contribution is 2.29. The summed E-state index contributed by atoms with van der Waals surface area (Å²) < 4.78 is 0. The number of benzene rings is 2. The molecule has 8 nitrogen and oxygen atoms in total. The van der Waals surface area contributed by atoms with Gasteiger partial charge in [-0.05, 0) is 11.5 Å². The third-order valence-electron chi connectivity index (χ3n) is 4.20. The van der Waals surface area contributed by atoms with Crippen molar-refractivity contribution in [1.29, 1.82) is 0 Å². The van der Waals surface area contributed by atoms with Crippen molar-refractivity contribution in [3.05, 3.63) is 54.2 Å². The van der Waals surface area contributed by atoms with Crippen LogP contribution in [-0.2, 0) is 9.59 Å². The lowest BCUT2D eigenvalue weighted by Gasteiger charge is -2.28. The molecule has 3 rings (SSSR count). The summed E-state index contributed by atoms with van der Waals surface area (Å²) in [6, 6.07) is 11.7. The molecule has 27 heavy (non-hydrogen) atoms. The molecular formula is C19H19N3O5. The zero-order valence-electron chi connectivity index (χ0n) is 14.5. The van der Waals surface area contributed by atoms with Gasteiger partial charge in [0.2, 0.25) is 0 Å². The van der Waals surface area contributed by atoms with Crippen LogP contribution in [0, 0.1) is 0 Å². The molecule has 1 heterocycles. The van der Waals surface area contributed by atoms with Crippen molar-refractivity contribution in [1.82, 2.24) is 10.2 Å². The first-order valence-corrected chi connectivity index (χ1v) is 8.42. The average molecular weight is 369 g/mol. The zero-order valence-corrected chi connectivity index (χ0v) is 14.5. The van der Waals surface area contributed by atoms with Crippen LogP contribution < -0.4 is 10.2 Å². The molecule has 0 aliphatic carbocycles. The van der Waals surface area contributed by atoms with E-state index in [0.717, 1.165) is 10.3 Å². The molecule has 0 spiro atoms. The van der Waals surface area contributed by atoms with Gasteiger partial charge in [-0.15, -0.1) is 0 Å². The Hall–Kier alpha value is -3.23. The van der Waals surface area contributed by atoms with Gasteiger partial charge in [-0.3, -0.25) is 14.9 Å². The number of imide groups is 2. The number of aliphatic hydroxyl groups excluding tert-OH is 2. The van der Waals surface area contributed by atoms with Crippen LogP contribution >= 0.6 is 0 Å². The van der Waals surface area contributed by atoms with E-state index in [4.69, 9.17) is 10.2 Å². The number of anilines is 1. The molecule has 2 aromatic carbocycles. The summed E-state index contributed by atoms with van der Waals surface area (Å²) in [5.41, 5.74) is 0.120. The van der Waals surface area contributed by atoms with Crippen molar-refractivity contribution in [2.45, 2.75) is 0 Å². The Labute approximate surface area is 155 Å². The van der Waals surface area contributed by atoms with Crippen molar-refractivity contribution in [3.8, 4) is 0 Å². The topological polar surface area (TPSA) is 110 Å². The number of nitrogens with zero attached hydrogens (tertiary/aromatic N) is 2. The molecule has 0 atom stereocenters. The second-order valence-corrected chi connectivity index (χ2v) is 5.92. The van der Waals surface area contributed by atoms with Crippen LogP contribution in [0.3, 0.4) is 0 Å². The van der Waals surface area contributed by atoms with Gasteiger partial charge >= 0.3 is 6.03 Å². The summed E-state index contributed by atoms with van der Waals surface area (Å²) in [6.45, 7) is -0.170. The molecule has 1 aliphatic heterocycles. The SMILES string of the molecule is O=C1NC(=O)N(c2cccc3ccccc23)C(=O)/C1=C/N(CCO)CCO. The van der Waals surface area contributed by atoms with Gasteiger partial charge in [0.05, 0.1) is 18.9 Å². The minimum absolute atomic E-state index is 0.132. The first-order chi connectivity index (χ1) is 13.1. The summed E-state index contributed by atoms with van der Waals surface area (Å²) in [4.78, 5) is 39.9. The molecule has 0 unspecified atom stereocenters. The van der Waals surface area contributed by atoms with Crippen LogP contribution in [-0.4, -0.2) is 59.3 Å². The van der Waals surface area contributed by atoms with Crippen molar-refractivity contribution < 1.29 is 24.6 Å². The van der Waals surface area contributed by atoms with Crippen LogP contribution in [0.2, 0.25) is 0 Å². The van der Waals surface area contributed by atoms with E-state index in [1.54, 1.807) is 24.3 Å². The zero-order chi connectivity index (χ0) is 19.4. The highest BCUT2D eigenvalue weighted by atomic mass is 16.3. The number of fused-ring (bicyclic) bond motifs is 1. The van der Waals surface area contributed by atoms with Gasteiger partial charge in [-0.1, -0.05) is 36.4 Å². The Bertz CT molecular complexity index is 913. The molecule has 0 saturated carbocycles. The Morgan fingerprint density at radius 1 is 0.963 bits per heavy atom. The van der Waals surface area contributed by atoms with E-state index in [1.165, 1.54) is 11.1 Å². The molecule has 1 aliphatic rings. The van der Waals surface area contributed by atoms with Crippen molar-refractivity contribution in [3.63, 3.8) is 0 Å². The normalized spacial score (nSPS) is 16.1. The van der Waals surface area contributed by atoms with Crippen LogP contribution in [0.25, 0.3) is 10.8 Å². The minimum Gasteiger partial charge on any atom is -0.395 e. The van der Waals surface area contributed by atoms with Crippen LogP contribution in [0.4, 0.5) is 10.5 Å². The van der Waals surface area contributed by atoms with Crippen LogP contribution in [0.5, 0.6) is 0 Å². The van der Waals surface area contributed by atoms with E-state index < -0.39 is 17.8 Å². The molecule has 1 fully saturated rings. The Morgan fingerprint density at radius 3 is 2.33 bits per heavy atom. The molecule has 3 N–H and O–H groups in total. The van der Waals surface area contributed by atoms with Gasteiger partial charge in [-0.2, -0.15) is 0 Å². The van der Waals surface area contributed by atoms with Crippen LogP contribution in [0.1, 0.15) is 0 Å². The maximum atomic E-state index is 13.0. The van der Waals surface area contributed by atoms with E-state index in [2.05, 4.69) is 5.32 Å². The van der Waals surface area contributed by atoms with Crippen molar-refractivity contribution in [2.24, 2.45) is 0 Å². The number of urea groups is 1. The molecule has 0 aromatic heterocycles. The maximum absolute atomic E-state index is 13.0. The first-order valence-electron chi connectivity index (χ1n) is 8.42. The number of hydrogen-bond donors (Lipinski definition) is 3. The van der Waals surface area contributed by atoms with Crippen molar-refractivity contribution >= 4 is 34.3 Å². The summed E-state index contributed by atoms with van der Waals surface area (Å²) in [7, 11) is 0. The number of barbiturate groups is 1. The number of nitrogens with one attached hydrogen (secondary N) is 1. The summed E-state index contributed by atoms with van der Waals surface area (Å²) >= 11 is 0. The van der Waals surface area contributed by atoms with Gasteiger partial charge in [0.25, 0.3) is 11.8 Å². The molecule has 2 aromatic rings.